The largest absolute Gasteiger partial charge is 0.756 e. The van der Waals surface area contributed by atoms with E-state index < -0.39 is 26.0 Å². The minimum absolute atomic E-state index is 0.00852. The molecule has 0 aromatic carbocycles. The van der Waals surface area contributed by atoms with Gasteiger partial charge in [-0.05, 0) is 83.1 Å². The van der Waals surface area contributed by atoms with Crippen LogP contribution in [0.4, 0.5) is 0 Å². The van der Waals surface area contributed by atoms with E-state index in [0.29, 0.717) is 23.9 Å². The number of carbonyl (C=O) groups excluding carboxylic acids is 1. The highest BCUT2D eigenvalue weighted by atomic mass is 31.2. The molecule has 56 heavy (non-hydrogen) atoms. The monoisotopic (exact) mass is 806 g/mol. The van der Waals surface area contributed by atoms with Gasteiger partial charge >= 0.3 is 5.97 Å². The molecule has 0 aliphatic carbocycles. The maximum atomic E-state index is 12.5. The molecular weight excluding hydrogens is 725 g/mol. The highest BCUT2D eigenvalue weighted by Crippen LogP contribution is 2.38. The first-order valence-electron chi connectivity index (χ1n) is 21.5. The first-order valence-corrected chi connectivity index (χ1v) is 22.9. The third-order valence-corrected chi connectivity index (χ3v) is 9.59. The van der Waals surface area contributed by atoms with E-state index in [-0.39, 0.29) is 26.2 Å². The molecule has 322 valence electrons. The topological polar surface area (TPSA) is 114 Å². The molecule has 0 aliphatic heterocycles. The van der Waals surface area contributed by atoms with Gasteiger partial charge in [-0.25, -0.2) is 0 Å². The second kappa shape index (κ2) is 38.0. The first-order chi connectivity index (χ1) is 27.0. The first kappa shape index (κ1) is 53.5. The Bertz CT molecular complexity index is 1180. The Labute approximate surface area is 342 Å². The fraction of sp³-hybridized carbons (Fsp3) is 0.674. The Hall–Kier alpha value is -2.52. The Balaban J connectivity index is 4.53. The Kier molecular flexibility index (Phi) is 36.3. The maximum Gasteiger partial charge on any atom is 0.305 e. The standard InChI is InChI=1S/C46H80NO8P/c1-6-8-10-12-14-16-18-20-21-22-24-26-28-30-32-34-40-52-45(43-55-56(50,51)54-41-39-47(3,4)5)42-53-46(49)38-35-37-44(48)36-33-31-29-27-25-23-19-17-15-13-11-9-7-2/h9,11,15-18,23,25,29,31,33-34,36,40,44-45,48H,6-8,10,12-14,19-22,24,26-28,30,32,35,37-39,41-43H2,1-5H3/b11-9-,17-15-,18-16-,25-23-,31-29-,36-33+,40-34+/t44?,45-/m1/s1. The molecule has 0 amide bonds. The van der Waals surface area contributed by atoms with Crippen LogP contribution in [0.2, 0.25) is 0 Å². The molecule has 0 bridgehead atoms. The molecule has 10 heteroatoms. The smallest absolute Gasteiger partial charge is 0.305 e. The summed E-state index contributed by atoms with van der Waals surface area (Å²) in [7, 11) is 1.24. The SMILES string of the molecule is CC/C=C\C/C=C\C/C=C\C/C=C\C=C\C(O)CCCC(=O)OC[C@H](COP(=O)([O-])OCC[N+](C)(C)C)O/C=C/CCCCCCCC/C=C\CCCCCC. The molecule has 0 radical (unpaired) electrons. The van der Waals surface area contributed by atoms with Gasteiger partial charge in [0.25, 0.3) is 7.82 Å². The number of carbonyl (C=O) groups is 1. The predicted molar refractivity (Wildman–Crippen MR) is 232 cm³/mol. The zero-order chi connectivity index (χ0) is 41.4. The van der Waals surface area contributed by atoms with Crippen LogP contribution < -0.4 is 4.89 Å². The number of ether oxygens (including phenoxy) is 2. The third kappa shape index (κ3) is 41.1. The van der Waals surface area contributed by atoms with Gasteiger partial charge in [0.05, 0.1) is 40.1 Å². The number of phosphoric ester groups is 1. The molecule has 1 N–H and O–H groups in total. The van der Waals surface area contributed by atoms with E-state index in [1.807, 2.05) is 45.4 Å². The highest BCUT2D eigenvalue weighted by Gasteiger charge is 2.19. The lowest BCUT2D eigenvalue weighted by Crippen LogP contribution is -2.37. The molecule has 0 fully saturated rings. The van der Waals surface area contributed by atoms with Crippen molar-refractivity contribution in [3.8, 4) is 0 Å². The molecule has 0 aliphatic rings. The predicted octanol–water partition coefficient (Wildman–Crippen LogP) is 11.2. The van der Waals surface area contributed by atoms with Gasteiger partial charge in [-0.2, -0.15) is 0 Å². The summed E-state index contributed by atoms with van der Waals surface area (Å²) in [5.74, 6) is -0.458. The van der Waals surface area contributed by atoms with Crippen molar-refractivity contribution in [2.45, 2.75) is 154 Å². The van der Waals surface area contributed by atoms with Gasteiger partial charge in [0.1, 0.15) is 19.8 Å². The minimum Gasteiger partial charge on any atom is -0.756 e. The van der Waals surface area contributed by atoms with Crippen molar-refractivity contribution in [2.24, 2.45) is 0 Å². The lowest BCUT2D eigenvalue weighted by Gasteiger charge is -2.28. The molecule has 0 aromatic heterocycles. The summed E-state index contributed by atoms with van der Waals surface area (Å²) >= 11 is 0. The zero-order valence-electron chi connectivity index (χ0n) is 35.9. The van der Waals surface area contributed by atoms with Crippen molar-refractivity contribution in [3.05, 3.63) is 85.3 Å². The lowest BCUT2D eigenvalue weighted by atomic mass is 10.1. The van der Waals surface area contributed by atoms with Crippen molar-refractivity contribution < 1.29 is 42.4 Å². The summed E-state index contributed by atoms with van der Waals surface area (Å²) < 4.78 is 34.2. The van der Waals surface area contributed by atoms with Crippen molar-refractivity contribution >= 4 is 13.8 Å². The van der Waals surface area contributed by atoms with Gasteiger partial charge in [-0.1, -0.05) is 132 Å². The van der Waals surface area contributed by atoms with Crippen molar-refractivity contribution in [2.75, 3.05) is 47.5 Å². The molecule has 0 heterocycles. The van der Waals surface area contributed by atoms with Crippen LogP contribution in [0.5, 0.6) is 0 Å². The van der Waals surface area contributed by atoms with Gasteiger partial charge in [0.15, 0.2) is 6.10 Å². The number of esters is 1. The van der Waals surface area contributed by atoms with E-state index in [1.54, 1.807) is 6.08 Å². The number of aliphatic hydroxyl groups excluding tert-OH is 1. The number of allylic oxidation sites excluding steroid dienone is 12. The average Bonchev–Trinajstić information content (AvgIpc) is 3.14. The number of rotatable bonds is 38. The van der Waals surface area contributed by atoms with E-state index in [1.165, 1.54) is 70.5 Å². The van der Waals surface area contributed by atoms with Gasteiger partial charge in [-0.3, -0.25) is 9.36 Å². The molecule has 0 spiro atoms. The Morgan fingerprint density at radius 2 is 1.27 bits per heavy atom. The van der Waals surface area contributed by atoms with Crippen LogP contribution in [0.15, 0.2) is 85.3 Å². The van der Waals surface area contributed by atoms with Gasteiger partial charge in [0, 0.05) is 6.42 Å². The quantitative estimate of drug-likeness (QED) is 0.0125. The van der Waals surface area contributed by atoms with E-state index in [0.717, 1.165) is 44.9 Å². The second-order valence-corrected chi connectivity index (χ2v) is 16.6. The summed E-state index contributed by atoms with van der Waals surface area (Å²) in [4.78, 5) is 24.8. The number of hydrogen-bond donors (Lipinski definition) is 1. The van der Waals surface area contributed by atoms with E-state index in [4.69, 9.17) is 18.5 Å². The molecule has 0 aromatic rings. The van der Waals surface area contributed by atoms with E-state index >= 15 is 0 Å². The summed E-state index contributed by atoms with van der Waals surface area (Å²) in [5.41, 5.74) is 0. The van der Waals surface area contributed by atoms with Crippen LogP contribution in [0.1, 0.15) is 142 Å². The molecule has 2 unspecified atom stereocenters. The van der Waals surface area contributed by atoms with Crippen LogP contribution in [-0.2, 0) is 27.9 Å². The Morgan fingerprint density at radius 3 is 1.88 bits per heavy atom. The van der Waals surface area contributed by atoms with Crippen molar-refractivity contribution in [3.63, 3.8) is 0 Å². The number of nitrogens with zero attached hydrogens (tertiary/aromatic N) is 1. The molecule has 9 nitrogen and oxygen atoms in total. The average molecular weight is 806 g/mol. The summed E-state index contributed by atoms with van der Waals surface area (Å²) in [5, 5.41) is 10.3. The van der Waals surface area contributed by atoms with Crippen LogP contribution >= 0.6 is 7.82 Å². The zero-order valence-corrected chi connectivity index (χ0v) is 36.8. The lowest BCUT2D eigenvalue weighted by molar-refractivity contribution is -0.870. The van der Waals surface area contributed by atoms with Crippen molar-refractivity contribution in [1.29, 1.82) is 0 Å². The fourth-order valence-electron chi connectivity index (χ4n) is 5.20. The molecular formula is C46H80NO8P. The highest BCUT2D eigenvalue weighted by molar-refractivity contribution is 7.45. The number of likely N-dealkylation sites (N-methyl/N-ethyl adjacent to an activating group) is 1. The fourth-order valence-corrected chi connectivity index (χ4v) is 5.93. The third-order valence-electron chi connectivity index (χ3n) is 8.62. The summed E-state index contributed by atoms with van der Waals surface area (Å²) in [6.07, 6.45) is 47.3. The molecule has 3 atom stereocenters. The van der Waals surface area contributed by atoms with E-state index in [2.05, 4.69) is 62.5 Å². The van der Waals surface area contributed by atoms with Crippen LogP contribution in [0.25, 0.3) is 0 Å². The van der Waals surface area contributed by atoms with E-state index in [9.17, 15) is 19.4 Å². The summed E-state index contributed by atoms with van der Waals surface area (Å²) in [6, 6.07) is 0. The van der Waals surface area contributed by atoms with Crippen LogP contribution in [-0.4, -0.2) is 75.3 Å². The van der Waals surface area contributed by atoms with Gasteiger partial charge in [-0.15, -0.1) is 0 Å². The van der Waals surface area contributed by atoms with Crippen molar-refractivity contribution in [1.82, 2.24) is 0 Å². The normalized spacial score (nSPS) is 15.1. The van der Waals surface area contributed by atoms with Gasteiger partial charge in [0.2, 0.25) is 0 Å². The minimum atomic E-state index is -4.57. The maximum absolute atomic E-state index is 12.5. The molecule has 0 rings (SSSR count). The molecule has 0 saturated carbocycles. The number of unbranched alkanes of at least 4 members (excludes halogenated alkanes) is 11. The number of phosphoric acid groups is 1. The number of quaternary nitrogens is 1. The summed E-state index contributed by atoms with van der Waals surface area (Å²) in [6.45, 7) is 4.33. The molecule has 0 saturated heterocycles. The Morgan fingerprint density at radius 1 is 0.696 bits per heavy atom. The van der Waals surface area contributed by atoms with Crippen LogP contribution in [0.3, 0.4) is 0 Å². The van der Waals surface area contributed by atoms with Crippen LogP contribution in [0, 0.1) is 0 Å². The van der Waals surface area contributed by atoms with Gasteiger partial charge < -0.3 is 33.0 Å². The number of hydrogen-bond acceptors (Lipinski definition) is 8. The number of aliphatic hydroxyl groups is 1. The second-order valence-electron chi connectivity index (χ2n) is 15.2.